The van der Waals surface area contributed by atoms with E-state index in [1.807, 2.05) is 56.3 Å². The maximum atomic E-state index is 13.6. The zero-order valence-corrected chi connectivity index (χ0v) is 26.6. The van der Waals surface area contributed by atoms with Crippen molar-refractivity contribution >= 4 is 33.7 Å². The van der Waals surface area contributed by atoms with Gasteiger partial charge < -0.3 is 10.1 Å². The second-order valence-corrected chi connectivity index (χ2v) is 12.8. The van der Waals surface area contributed by atoms with E-state index >= 15 is 0 Å². The SMILES string of the molecule is Cc1ccc(S(=O)(=O)N(CC(=O)N/N=C\c2ccc(OCC(=O)N[C@H](C)c3ccccc3)cc2)c2ccc(C(C)C)cc2)cc1. The summed E-state index contributed by atoms with van der Waals surface area (Å²) in [5.74, 6) is -0.0774. The lowest BCUT2D eigenvalue weighted by Crippen LogP contribution is -2.39. The Hall–Kier alpha value is -4.96. The lowest BCUT2D eigenvalue weighted by Gasteiger charge is -2.24. The number of nitrogens with one attached hydrogen (secondary N) is 2. The van der Waals surface area contributed by atoms with E-state index in [9.17, 15) is 18.0 Å². The van der Waals surface area contributed by atoms with Crippen molar-refractivity contribution < 1.29 is 22.7 Å². The minimum absolute atomic E-state index is 0.0860. The van der Waals surface area contributed by atoms with Gasteiger partial charge in [0.25, 0.3) is 21.8 Å². The van der Waals surface area contributed by atoms with Gasteiger partial charge in [0.1, 0.15) is 12.3 Å². The Morgan fingerprint density at radius 1 is 0.822 bits per heavy atom. The quantitative estimate of drug-likeness (QED) is 0.145. The number of hydrazone groups is 1. The summed E-state index contributed by atoms with van der Waals surface area (Å²) in [7, 11) is -4.04. The second kappa shape index (κ2) is 15.2. The number of hydrogen-bond donors (Lipinski definition) is 2. The van der Waals surface area contributed by atoms with Crippen molar-refractivity contribution in [3.8, 4) is 5.75 Å². The van der Waals surface area contributed by atoms with Gasteiger partial charge in [0.2, 0.25) is 0 Å². The van der Waals surface area contributed by atoms with Crippen LogP contribution in [0.3, 0.4) is 0 Å². The molecule has 4 aromatic carbocycles. The number of hydrogen-bond acceptors (Lipinski definition) is 6. The average Bonchev–Trinajstić information content (AvgIpc) is 3.04. The molecule has 0 bridgehead atoms. The first-order chi connectivity index (χ1) is 21.5. The number of nitrogens with zero attached hydrogens (tertiary/aromatic N) is 2. The summed E-state index contributed by atoms with van der Waals surface area (Å²) in [5.41, 5.74) is 6.44. The molecule has 0 aromatic heterocycles. The van der Waals surface area contributed by atoms with Crippen molar-refractivity contribution in [2.75, 3.05) is 17.5 Å². The third-order valence-electron chi connectivity index (χ3n) is 7.07. The number of amides is 2. The lowest BCUT2D eigenvalue weighted by molar-refractivity contribution is -0.123. The third-order valence-corrected chi connectivity index (χ3v) is 8.86. The highest BCUT2D eigenvalue weighted by Gasteiger charge is 2.27. The van der Waals surface area contributed by atoms with E-state index in [1.165, 1.54) is 18.3 Å². The summed E-state index contributed by atoms with van der Waals surface area (Å²) < 4.78 is 33.9. The van der Waals surface area contributed by atoms with Crippen LogP contribution in [0.4, 0.5) is 5.69 Å². The monoisotopic (exact) mass is 626 g/mol. The van der Waals surface area contributed by atoms with Crippen LogP contribution in [0, 0.1) is 6.92 Å². The minimum atomic E-state index is -4.04. The molecule has 1 atom stereocenters. The van der Waals surface area contributed by atoms with Crippen molar-refractivity contribution in [2.45, 2.75) is 44.6 Å². The fourth-order valence-corrected chi connectivity index (χ4v) is 5.85. The maximum absolute atomic E-state index is 13.6. The molecule has 4 rings (SSSR count). The number of benzene rings is 4. The molecule has 2 N–H and O–H groups in total. The van der Waals surface area contributed by atoms with E-state index in [1.54, 1.807) is 48.5 Å². The van der Waals surface area contributed by atoms with Crippen LogP contribution in [0.25, 0.3) is 0 Å². The number of rotatable bonds is 13. The first-order valence-electron chi connectivity index (χ1n) is 14.6. The van der Waals surface area contributed by atoms with Gasteiger partial charge in [-0.05, 0) is 85.0 Å². The predicted octanol–water partition coefficient (Wildman–Crippen LogP) is 5.72. The van der Waals surface area contributed by atoms with E-state index in [0.717, 1.165) is 21.0 Å². The average molecular weight is 627 g/mol. The Morgan fingerprint density at radius 3 is 2.09 bits per heavy atom. The molecule has 234 valence electrons. The van der Waals surface area contributed by atoms with E-state index in [-0.39, 0.29) is 29.4 Å². The van der Waals surface area contributed by atoms with E-state index in [2.05, 4.69) is 29.7 Å². The first-order valence-corrected chi connectivity index (χ1v) is 16.1. The predicted molar refractivity (Wildman–Crippen MR) is 177 cm³/mol. The summed E-state index contributed by atoms with van der Waals surface area (Å²) in [5, 5.41) is 6.91. The van der Waals surface area contributed by atoms with Crippen LogP contribution in [0.1, 0.15) is 55.0 Å². The Bertz CT molecular complexity index is 1710. The van der Waals surface area contributed by atoms with Crippen LogP contribution in [0.15, 0.2) is 113 Å². The van der Waals surface area contributed by atoms with Crippen LogP contribution in [-0.4, -0.2) is 39.6 Å². The Labute approximate surface area is 265 Å². The molecule has 0 aliphatic rings. The van der Waals surface area contributed by atoms with Gasteiger partial charge in [0.05, 0.1) is 22.8 Å². The van der Waals surface area contributed by atoms with Crippen LogP contribution < -0.4 is 19.8 Å². The smallest absolute Gasteiger partial charge is 0.264 e. The summed E-state index contributed by atoms with van der Waals surface area (Å²) in [6.45, 7) is 7.28. The number of ether oxygens (including phenoxy) is 1. The topological polar surface area (TPSA) is 117 Å². The number of aryl methyl sites for hydroxylation is 1. The molecule has 0 aliphatic heterocycles. The Morgan fingerprint density at radius 2 is 1.47 bits per heavy atom. The van der Waals surface area contributed by atoms with Gasteiger partial charge in [-0.3, -0.25) is 13.9 Å². The molecular weight excluding hydrogens is 588 g/mol. The Balaban J connectivity index is 1.35. The maximum Gasteiger partial charge on any atom is 0.264 e. The molecule has 0 aliphatic carbocycles. The van der Waals surface area contributed by atoms with Crippen LogP contribution in [0.2, 0.25) is 0 Å². The summed E-state index contributed by atoms with van der Waals surface area (Å²) in [4.78, 5) is 25.3. The molecular formula is C35H38N4O5S. The fraction of sp³-hybridized carbons (Fsp3) is 0.229. The molecule has 9 nitrogen and oxygen atoms in total. The summed E-state index contributed by atoms with van der Waals surface area (Å²) in [6, 6.07) is 30.0. The van der Waals surface area contributed by atoms with Gasteiger partial charge in [-0.2, -0.15) is 5.10 Å². The van der Waals surface area contributed by atoms with E-state index in [4.69, 9.17) is 4.74 Å². The largest absolute Gasteiger partial charge is 0.484 e. The van der Waals surface area contributed by atoms with Crippen molar-refractivity contribution in [3.05, 3.63) is 125 Å². The van der Waals surface area contributed by atoms with Gasteiger partial charge in [-0.25, -0.2) is 13.8 Å². The minimum Gasteiger partial charge on any atom is -0.484 e. The zero-order valence-electron chi connectivity index (χ0n) is 25.8. The first kappa shape index (κ1) is 32.9. The van der Waals surface area contributed by atoms with Crippen LogP contribution in [0.5, 0.6) is 5.75 Å². The van der Waals surface area contributed by atoms with Crippen molar-refractivity contribution in [1.82, 2.24) is 10.7 Å². The number of sulfonamides is 1. The summed E-state index contributed by atoms with van der Waals surface area (Å²) in [6.07, 6.45) is 1.44. The second-order valence-electron chi connectivity index (χ2n) is 10.9. The highest BCUT2D eigenvalue weighted by Crippen LogP contribution is 2.26. The molecule has 2 amide bonds. The molecule has 10 heteroatoms. The number of carbonyl (C=O) groups excluding carboxylic acids is 2. The molecule has 4 aromatic rings. The van der Waals surface area contributed by atoms with Crippen LogP contribution in [-0.2, 0) is 19.6 Å². The molecule has 0 saturated heterocycles. The standard InChI is InChI=1S/C35H38N4O5S/c1-25(2)29-14-16-31(17-15-29)39(45(42,43)33-20-10-26(3)11-21-33)23-34(40)38-36-22-28-12-18-32(19-13-28)44-24-35(41)37-27(4)30-8-6-5-7-9-30/h5-22,25,27H,23-24H2,1-4H3,(H,37,41)(H,38,40)/b36-22-/t27-/m1/s1. The van der Waals surface area contributed by atoms with Gasteiger partial charge in [0, 0.05) is 0 Å². The molecule has 0 spiro atoms. The molecule has 0 heterocycles. The fourth-order valence-electron chi connectivity index (χ4n) is 4.43. The van der Waals surface area contributed by atoms with Crippen LogP contribution >= 0.6 is 0 Å². The number of anilines is 1. The highest BCUT2D eigenvalue weighted by atomic mass is 32.2. The normalized spacial score (nSPS) is 12.1. The Kier molecular flexibility index (Phi) is 11.1. The van der Waals surface area contributed by atoms with Gasteiger partial charge >= 0.3 is 0 Å². The third kappa shape index (κ3) is 9.26. The summed E-state index contributed by atoms with van der Waals surface area (Å²) >= 11 is 0. The van der Waals surface area contributed by atoms with Crippen molar-refractivity contribution in [2.24, 2.45) is 5.10 Å². The van der Waals surface area contributed by atoms with Gasteiger partial charge in [-0.15, -0.1) is 0 Å². The molecule has 0 saturated carbocycles. The van der Waals surface area contributed by atoms with Crippen molar-refractivity contribution in [1.29, 1.82) is 0 Å². The highest BCUT2D eigenvalue weighted by molar-refractivity contribution is 7.92. The molecule has 0 radical (unpaired) electrons. The van der Waals surface area contributed by atoms with E-state index in [0.29, 0.717) is 17.0 Å². The molecule has 0 fully saturated rings. The molecule has 45 heavy (non-hydrogen) atoms. The van der Waals surface area contributed by atoms with E-state index < -0.39 is 22.5 Å². The molecule has 0 unspecified atom stereocenters. The number of carbonyl (C=O) groups is 2. The van der Waals surface area contributed by atoms with Crippen molar-refractivity contribution in [3.63, 3.8) is 0 Å². The zero-order chi connectivity index (χ0) is 32.4. The van der Waals surface area contributed by atoms with Gasteiger partial charge in [-0.1, -0.05) is 74.0 Å². The lowest BCUT2D eigenvalue weighted by atomic mass is 10.0. The van der Waals surface area contributed by atoms with Gasteiger partial charge in [0.15, 0.2) is 6.61 Å².